The van der Waals surface area contributed by atoms with Crippen LogP contribution in [0, 0.1) is 0 Å². The van der Waals surface area contributed by atoms with Gasteiger partial charge in [0, 0.05) is 6.08 Å². The molecule has 100 valence electrons. The van der Waals surface area contributed by atoms with Gasteiger partial charge in [0.1, 0.15) is 0 Å². The first-order chi connectivity index (χ1) is 9.10. The fourth-order valence-corrected chi connectivity index (χ4v) is 1.49. The van der Waals surface area contributed by atoms with E-state index in [9.17, 15) is 14.7 Å². The fraction of sp³-hybridized carbons (Fsp3) is 0.231. The van der Waals surface area contributed by atoms with Gasteiger partial charge in [0.15, 0.2) is 11.5 Å². The predicted octanol–water partition coefficient (Wildman–Crippen LogP) is 1.10. The van der Waals surface area contributed by atoms with E-state index in [4.69, 9.17) is 9.57 Å². The predicted molar refractivity (Wildman–Crippen MR) is 66.1 cm³/mol. The largest absolute Gasteiger partial charge is 0.504 e. The van der Waals surface area contributed by atoms with Crippen LogP contribution in [0.3, 0.4) is 0 Å². The van der Waals surface area contributed by atoms with Gasteiger partial charge in [-0.15, -0.1) is 0 Å². The van der Waals surface area contributed by atoms with Crippen molar-refractivity contribution in [3.8, 4) is 11.5 Å². The topological polar surface area (TPSA) is 76.1 Å². The highest BCUT2D eigenvalue weighted by molar-refractivity contribution is 5.89. The van der Waals surface area contributed by atoms with Crippen molar-refractivity contribution < 1.29 is 24.3 Å². The number of ether oxygens (including phenoxy) is 1. The molecule has 1 N–H and O–H groups in total. The van der Waals surface area contributed by atoms with Crippen LogP contribution in [0.2, 0.25) is 0 Å². The third-order valence-corrected chi connectivity index (χ3v) is 2.62. The van der Waals surface area contributed by atoms with Crippen LogP contribution >= 0.6 is 0 Å². The fourth-order valence-electron chi connectivity index (χ4n) is 1.49. The van der Waals surface area contributed by atoms with E-state index in [2.05, 4.69) is 0 Å². The summed E-state index contributed by atoms with van der Waals surface area (Å²) < 4.78 is 4.94. The summed E-state index contributed by atoms with van der Waals surface area (Å²) in [6, 6.07) is 4.66. The maximum Gasteiger partial charge on any atom is 0.356 e. The van der Waals surface area contributed by atoms with Gasteiger partial charge in [-0.25, -0.2) is 4.79 Å². The maximum absolute atomic E-state index is 11.4. The minimum absolute atomic E-state index is 0.0217. The SMILES string of the molecule is COc1cc(C=CC(=O)ON2CCC2=O)ccc1O. The van der Waals surface area contributed by atoms with Crippen LogP contribution in [0.4, 0.5) is 0 Å². The molecule has 0 bridgehead atoms. The number of benzene rings is 1. The van der Waals surface area contributed by atoms with Crippen molar-refractivity contribution >= 4 is 18.0 Å². The first-order valence-corrected chi connectivity index (χ1v) is 5.67. The van der Waals surface area contributed by atoms with Gasteiger partial charge in [-0.05, 0) is 23.8 Å². The molecule has 0 spiro atoms. The van der Waals surface area contributed by atoms with Crippen LogP contribution in [0.25, 0.3) is 6.08 Å². The molecule has 1 aliphatic heterocycles. The van der Waals surface area contributed by atoms with Gasteiger partial charge < -0.3 is 14.7 Å². The number of amides is 1. The van der Waals surface area contributed by atoms with Gasteiger partial charge >= 0.3 is 5.97 Å². The lowest BCUT2D eigenvalue weighted by Gasteiger charge is -2.27. The number of rotatable bonds is 4. The van der Waals surface area contributed by atoms with E-state index in [1.807, 2.05) is 0 Å². The van der Waals surface area contributed by atoms with Gasteiger partial charge in [-0.1, -0.05) is 6.07 Å². The smallest absolute Gasteiger partial charge is 0.356 e. The minimum Gasteiger partial charge on any atom is -0.504 e. The number of carbonyl (C=O) groups is 2. The number of β-lactam (4-membered cyclic amide) rings is 1. The summed E-state index contributed by atoms with van der Waals surface area (Å²) in [4.78, 5) is 27.1. The Labute approximate surface area is 109 Å². The van der Waals surface area contributed by atoms with Crippen molar-refractivity contribution in [2.75, 3.05) is 13.7 Å². The van der Waals surface area contributed by atoms with E-state index >= 15 is 0 Å². The van der Waals surface area contributed by atoms with Crippen molar-refractivity contribution in [3.05, 3.63) is 29.8 Å². The van der Waals surface area contributed by atoms with E-state index in [-0.39, 0.29) is 11.7 Å². The summed E-state index contributed by atoms with van der Waals surface area (Å²) in [7, 11) is 1.44. The Morgan fingerprint density at radius 1 is 1.47 bits per heavy atom. The molecule has 1 aromatic carbocycles. The summed E-state index contributed by atoms with van der Waals surface area (Å²) in [6.07, 6.45) is 3.12. The highest BCUT2D eigenvalue weighted by Crippen LogP contribution is 2.26. The normalized spacial score (nSPS) is 14.4. The Bertz CT molecular complexity index is 538. The first-order valence-electron chi connectivity index (χ1n) is 5.67. The Morgan fingerprint density at radius 3 is 2.84 bits per heavy atom. The maximum atomic E-state index is 11.4. The first kappa shape index (κ1) is 12.9. The summed E-state index contributed by atoms with van der Waals surface area (Å²) in [6.45, 7) is 0.436. The standard InChI is InChI=1S/C13H13NO5/c1-18-11-8-9(2-4-10(11)15)3-5-13(17)19-14-7-6-12(14)16/h2-5,8,15H,6-7H2,1H3. The van der Waals surface area contributed by atoms with E-state index in [1.165, 1.54) is 25.3 Å². The summed E-state index contributed by atoms with van der Waals surface area (Å²) in [5.74, 6) is -0.491. The second-order valence-corrected chi connectivity index (χ2v) is 3.92. The molecular formula is C13H13NO5. The number of hydrogen-bond donors (Lipinski definition) is 1. The molecule has 6 nitrogen and oxygen atoms in total. The number of aromatic hydroxyl groups is 1. The molecule has 1 fully saturated rings. The second-order valence-electron chi connectivity index (χ2n) is 3.92. The third-order valence-electron chi connectivity index (χ3n) is 2.62. The monoisotopic (exact) mass is 263 g/mol. The molecule has 0 aromatic heterocycles. The molecule has 1 heterocycles. The van der Waals surface area contributed by atoms with Crippen molar-refractivity contribution in [1.29, 1.82) is 0 Å². The Morgan fingerprint density at radius 2 is 2.26 bits per heavy atom. The second kappa shape index (κ2) is 5.43. The van der Waals surface area contributed by atoms with Crippen LogP contribution < -0.4 is 4.74 Å². The Kier molecular flexibility index (Phi) is 3.70. The molecular weight excluding hydrogens is 250 g/mol. The van der Waals surface area contributed by atoms with Crippen molar-refractivity contribution in [2.45, 2.75) is 6.42 Å². The number of nitrogens with zero attached hydrogens (tertiary/aromatic N) is 1. The number of carbonyl (C=O) groups excluding carboxylic acids is 2. The van der Waals surface area contributed by atoms with Crippen LogP contribution in [0.5, 0.6) is 11.5 Å². The van der Waals surface area contributed by atoms with E-state index in [0.29, 0.717) is 24.3 Å². The molecule has 0 radical (unpaired) electrons. The zero-order valence-electron chi connectivity index (χ0n) is 10.3. The molecule has 19 heavy (non-hydrogen) atoms. The lowest BCUT2D eigenvalue weighted by Crippen LogP contribution is -2.44. The summed E-state index contributed by atoms with van der Waals surface area (Å²) in [5, 5.41) is 10.4. The number of methoxy groups -OCH3 is 1. The van der Waals surface area contributed by atoms with Crippen molar-refractivity contribution in [1.82, 2.24) is 5.06 Å². The van der Waals surface area contributed by atoms with Gasteiger partial charge in [0.25, 0.3) is 5.91 Å². The van der Waals surface area contributed by atoms with E-state index in [1.54, 1.807) is 12.1 Å². The van der Waals surface area contributed by atoms with Crippen LogP contribution in [-0.4, -0.2) is 35.7 Å². The molecule has 6 heteroatoms. The van der Waals surface area contributed by atoms with Crippen LogP contribution in [-0.2, 0) is 14.4 Å². The average Bonchev–Trinajstić information content (AvgIpc) is 2.42. The van der Waals surface area contributed by atoms with Gasteiger partial charge in [0.2, 0.25) is 0 Å². The number of phenolic OH excluding ortho intramolecular Hbond substituents is 1. The minimum atomic E-state index is -0.625. The number of hydroxylamine groups is 2. The van der Waals surface area contributed by atoms with Gasteiger partial charge in [-0.2, -0.15) is 5.06 Å². The van der Waals surface area contributed by atoms with Crippen molar-refractivity contribution in [2.24, 2.45) is 0 Å². The lowest BCUT2D eigenvalue weighted by atomic mass is 10.2. The van der Waals surface area contributed by atoms with Gasteiger partial charge in [0.05, 0.1) is 20.1 Å². The molecule has 1 saturated heterocycles. The van der Waals surface area contributed by atoms with Gasteiger partial charge in [-0.3, -0.25) is 4.79 Å². The number of phenols is 1. The summed E-state index contributed by atoms with van der Waals surface area (Å²) in [5.41, 5.74) is 0.668. The zero-order chi connectivity index (χ0) is 13.8. The Balaban J connectivity index is 1.97. The summed E-state index contributed by atoms with van der Waals surface area (Å²) >= 11 is 0. The molecule has 1 aliphatic rings. The van der Waals surface area contributed by atoms with Crippen LogP contribution in [0.15, 0.2) is 24.3 Å². The lowest BCUT2D eigenvalue weighted by molar-refractivity contribution is -0.208. The van der Waals surface area contributed by atoms with Crippen molar-refractivity contribution in [3.63, 3.8) is 0 Å². The van der Waals surface area contributed by atoms with E-state index < -0.39 is 5.97 Å². The molecule has 0 unspecified atom stereocenters. The molecule has 2 rings (SSSR count). The van der Waals surface area contributed by atoms with Crippen LogP contribution in [0.1, 0.15) is 12.0 Å². The highest BCUT2D eigenvalue weighted by atomic mass is 16.7. The molecule has 1 aromatic rings. The van der Waals surface area contributed by atoms with E-state index in [0.717, 1.165) is 5.06 Å². The quantitative estimate of drug-likeness (QED) is 0.650. The highest BCUT2D eigenvalue weighted by Gasteiger charge is 2.27. The zero-order valence-corrected chi connectivity index (χ0v) is 10.3. The number of hydrogen-bond acceptors (Lipinski definition) is 5. The Hall–Kier alpha value is -2.50. The average molecular weight is 263 g/mol. The molecule has 0 aliphatic carbocycles. The molecule has 0 atom stereocenters. The molecule has 1 amide bonds. The molecule has 0 saturated carbocycles. The third kappa shape index (κ3) is 3.04.